The molecule has 0 aromatic rings. The number of hydrogen-bond donors (Lipinski definition) is 0. The Morgan fingerprint density at radius 3 is 1.44 bits per heavy atom. The lowest BCUT2D eigenvalue weighted by molar-refractivity contribution is 1.31. The largest absolute Gasteiger partial charge is 0.264 e. The van der Waals surface area contributed by atoms with Gasteiger partial charge in [-0.25, -0.2) is 0 Å². The SMILES string of the molecule is C=C(C)N=C(C)C.CC. The first kappa shape index (κ1) is 11.2. The maximum Gasteiger partial charge on any atom is 0.0300 e. The molecule has 0 N–H and O–H groups in total. The zero-order valence-electron chi connectivity index (χ0n) is 7.15. The van der Waals surface area contributed by atoms with Crippen molar-refractivity contribution in [1.82, 2.24) is 0 Å². The number of rotatable bonds is 1. The first-order valence-electron chi connectivity index (χ1n) is 3.30. The minimum absolute atomic E-state index is 0.875. The van der Waals surface area contributed by atoms with Gasteiger partial charge < -0.3 is 0 Å². The third-order valence-electron chi connectivity index (χ3n) is 0.414. The summed E-state index contributed by atoms with van der Waals surface area (Å²) < 4.78 is 0. The molecule has 0 fully saturated rings. The highest BCUT2D eigenvalue weighted by Crippen LogP contribution is 1.87. The maximum absolute atomic E-state index is 4.00. The van der Waals surface area contributed by atoms with Crippen molar-refractivity contribution in [2.45, 2.75) is 34.6 Å². The molecule has 9 heavy (non-hydrogen) atoms. The summed E-state index contributed by atoms with van der Waals surface area (Å²) in [5, 5.41) is 0. The molecule has 1 nitrogen and oxygen atoms in total. The smallest absolute Gasteiger partial charge is 0.0300 e. The van der Waals surface area contributed by atoms with Gasteiger partial charge in [-0.15, -0.1) is 0 Å². The summed E-state index contributed by atoms with van der Waals surface area (Å²) in [6, 6.07) is 0. The number of aliphatic imine (C=N–C) groups is 1. The van der Waals surface area contributed by atoms with Crippen molar-refractivity contribution < 1.29 is 0 Å². The number of nitrogens with zero attached hydrogens (tertiary/aromatic N) is 1. The molecule has 1 heteroatoms. The number of allylic oxidation sites excluding steroid dienone is 1. The summed E-state index contributed by atoms with van der Waals surface area (Å²) in [7, 11) is 0. The van der Waals surface area contributed by atoms with Crippen LogP contribution in [-0.4, -0.2) is 5.71 Å². The molecule has 0 amide bonds. The van der Waals surface area contributed by atoms with Gasteiger partial charge >= 0.3 is 0 Å². The fourth-order valence-corrected chi connectivity index (χ4v) is 0.382. The van der Waals surface area contributed by atoms with Gasteiger partial charge in [0.05, 0.1) is 0 Å². The third-order valence-corrected chi connectivity index (χ3v) is 0.414. The molecular weight excluding hydrogens is 110 g/mol. The molecule has 0 saturated carbocycles. The average Bonchev–Trinajstić information content (AvgIpc) is 1.68. The second-order valence-electron chi connectivity index (χ2n) is 1.79. The van der Waals surface area contributed by atoms with Crippen LogP contribution in [-0.2, 0) is 0 Å². The maximum atomic E-state index is 4.00. The van der Waals surface area contributed by atoms with Crippen LogP contribution in [0.5, 0.6) is 0 Å². The molecule has 0 aromatic carbocycles. The Bertz CT molecular complexity index is 97.1. The Labute approximate surface area is 58.5 Å². The minimum Gasteiger partial charge on any atom is -0.264 e. The van der Waals surface area contributed by atoms with Crippen molar-refractivity contribution in [3.05, 3.63) is 12.3 Å². The van der Waals surface area contributed by atoms with Gasteiger partial charge in [0.25, 0.3) is 0 Å². The highest BCUT2D eigenvalue weighted by Gasteiger charge is 1.74. The summed E-state index contributed by atoms with van der Waals surface area (Å²) in [5.74, 6) is 0. The van der Waals surface area contributed by atoms with Gasteiger partial charge in [0, 0.05) is 11.4 Å². The Morgan fingerprint density at radius 2 is 1.44 bits per heavy atom. The summed E-state index contributed by atoms with van der Waals surface area (Å²) in [6.45, 7) is 13.4. The molecule has 0 radical (unpaired) electrons. The van der Waals surface area contributed by atoms with Crippen LogP contribution in [0, 0.1) is 0 Å². The second-order valence-corrected chi connectivity index (χ2v) is 1.79. The van der Waals surface area contributed by atoms with E-state index >= 15 is 0 Å². The summed E-state index contributed by atoms with van der Waals surface area (Å²) in [6.07, 6.45) is 0. The molecule has 0 rings (SSSR count). The molecule has 0 aliphatic carbocycles. The van der Waals surface area contributed by atoms with E-state index in [0.29, 0.717) is 0 Å². The fourth-order valence-electron chi connectivity index (χ4n) is 0.382. The second kappa shape index (κ2) is 7.41. The van der Waals surface area contributed by atoms with Crippen LogP contribution in [0.25, 0.3) is 0 Å². The predicted octanol–water partition coefficient (Wildman–Crippen LogP) is 3.03. The third kappa shape index (κ3) is 18.7. The van der Waals surface area contributed by atoms with E-state index < -0.39 is 0 Å². The van der Waals surface area contributed by atoms with Gasteiger partial charge in [0.2, 0.25) is 0 Å². The monoisotopic (exact) mass is 127 g/mol. The molecule has 0 saturated heterocycles. The normalized spacial score (nSPS) is 6.78. The van der Waals surface area contributed by atoms with E-state index in [-0.39, 0.29) is 0 Å². The van der Waals surface area contributed by atoms with Crippen LogP contribution in [0.2, 0.25) is 0 Å². The van der Waals surface area contributed by atoms with E-state index in [0.717, 1.165) is 11.4 Å². The quantitative estimate of drug-likeness (QED) is 0.480. The molecule has 0 aromatic heterocycles. The lowest BCUT2D eigenvalue weighted by Gasteiger charge is -1.85. The van der Waals surface area contributed by atoms with Gasteiger partial charge in [-0.2, -0.15) is 0 Å². The summed E-state index contributed by atoms with van der Waals surface area (Å²) in [4.78, 5) is 4.00. The average molecular weight is 127 g/mol. The fraction of sp³-hybridized carbons (Fsp3) is 0.625. The van der Waals surface area contributed by atoms with E-state index in [1.807, 2.05) is 34.6 Å². The molecule has 0 bridgehead atoms. The van der Waals surface area contributed by atoms with E-state index in [1.54, 1.807) is 0 Å². The van der Waals surface area contributed by atoms with E-state index in [9.17, 15) is 0 Å². The molecule has 0 aliphatic rings. The van der Waals surface area contributed by atoms with Gasteiger partial charge in [-0.05, 0) is 20.8 Å². The topological polar surface area (TPSA) is 12.4 Å². The van der Waals surface area contributed by atoms with E-state index in [4.69, 9.17) is 0 Å². The molecule has 0 atom stereocenters. The van der Waals surface area contributed by atoms with E-state index in [1.165, 1.54) is 0 Å². The molecule has 0 heterocycles. The first-order valence-corrected chi connectivity index (χ1v) is 3.30. The highest BCUT2D eigenvalue weighted by molar-refractivity contribution is 5.79. The summed E-state index contributed by atoms with van der Waals surface area (Å²) >= 11 is 0. The van der Waals surface area contributed by atoms with Crippen molar-refractivity contribution in [3.63, 3.8) is 0 Å². The van der Waals surface area contributed by atoms with Gasteiger partial charge in [-0.1, -0.05) is 20.4 Å². The van der Waals surface area contributed by atoms with Crippen LogP contribution in [0.15, 0.2) is 17.3 Å². The Balaban J connectivity index is 0. The van der Waals surface area contributed by atoms with Crippen LogP contribution in [0.4, 0.5) is 0 Å². The van der Waals surface area contributed by atoms with Crippen molar-refractivity contribution in [2.75, 3.05) is 0 Å². The molecule has 0 unspecified atom stereocenters. The lowest BCUT2D eigenvalue weighted by Crippen LogP contribution is -1.78. The van der Waals surface area contributed by atoms with Crippen molar-refractivity contribution in [3.8, 4) is 0 Å². The molecule has 54 valence electrons. The van der Waals surface area contributed by atoms with Crippen molar-refractivity contribution in [2.24, 2.45) is 4.99 Å². The Morgan fingerprint density at radius 1 is 1.11 bits per heavy atom. The van der Waals surface area contributed by atoms with Crippen LogP contribution in [0.1, 0.15) is 34.6 Å². The van der Waals surface area contributed by atoms with Gasteiger partial charge in [-0.3, -0.25) is 4.99 Å². The van der Waals surface area contributed by atoms with Gasteiger partial charge in [0.1, 0.15) is 0 Å². The Hall–Kier alpha value is -0.590. The van der Waals surface area contributed by atoms with Crippen LogP contribution < -0.4 is 0 Å². The van der Waals surface area contributed by atoms with Crippen molar-refractivity contribution >= 4 is 5.71 Å². The van der Waals surface area contributed by atoms with Crippen LogP contribution >= 0.6 is 0 Å². The van der Waals surface area contributed by atoms with Gasteiger partial charge in [0.15, 0.2) is 0 Å². The molecule has 0 aliphatic heterocycles. The zero-order valence-corrected chi connectivity index (χ0v) is 7.15. The highest BCUT2D eigenvalue weighted by atomic mass is 14.7. The standard InChI is InChI=1S/C6H11N.C2H6/c1-5(2)7-6(3)4;1-2/h1H2,2-4H3;1-2H3. The van der Waals surface area contributed by atoms with E-state index in [2.05, 4.69) is 11.6 Å². The molecule has 0 spiro atoms. The molecular formula is C8H17N. The lowest BCUT2D eigenvalue weighted by atomic mass is 10.5. The summed E-state index contributed by atoms with van der Waals surface area (Å²) in [5.41, 5.74) is 1.94. The minimum atomic E-state index is 0.875. The predicted molar refractivity (Wildman–Crippen MR) is 44.9 cm³/mol. The first-order chi connectivity index (χ1) is 4.13. The van der Waals surface area contributed by atoms with Crippen LogP contribution in [0.3, 0.4) is 0 Å². The number of hydrogen-bond acceptors (Lipinski definition) is 1. The zero-order chi connectivity index (χ0) is 7.86. The Kier molecular flexibility index (Phi) is 9.25. The van der Waals surface area contributed by atoms with Crippen molar-refractivity contribution in [1.29, 1.82) is 0 Å².